The SMILES string of the molecule is CC(C)[C@H](OC[C@@H]1CCCO1)C(=O)N[C@H](C)[C@@H]1C[C@H]2CC[C@H]1C2. The monoisotopic (exact) mass is 323 g/mol. The summed E-state index contributed by atoms with van der Waals surface area (Å²) in [6, 6.07) is 0.269. The smallest absolute Gasteiger partial charge is 0.249 e. The molecule has 1 amide bonds. The fraction of sp³-hybridized carbons (Fsp3) is 0.947. The third-order valence-electron chi connectivity index (χ3n) is 6.15. The van der Waals surface area contributed by atoms with Crippen molar-refractivity contribution in [3.8, 4) is 0 Å². The second kappa shape index (κ2) is 7.52. The maximum Gasteiger partial charge on any atom is 0.249 e. The van der Waals surface area contributed by atoms with Crippen LogP contribution in [0.25, 0.3) is 0 Å². The lowest BCUT2D eigenvalue weighted by molar-refractivity contribution is -0.139. The summed E-state index contributed by atoms with van der Waals surface area (Å²) in [5, 5.41) is 3.26. The van der Waals surface area contributed by atoms with E-state index in [1.165, 1.54) is 25.7 Å². The number of rotatable bonds is 7. The molecule has 1 heterocycles. The minimum Gasteiger partial charge on any atom is -0.376 e. The third kappa shape index (κ3) is 4.08. The van der Waals surface area contributed by atoms with Crippen molar-refractivity contribution >= 4 is 5.91 Å². The fourth-order valence-electron chi connectivity index (χ4n) is 4.88. The van der Waals surface area contributed by atoms with E-state index in [1.807, 2.05) is 0 Å². The summed E-state index contributed by atoms with van der Waals surface area (Å²) in [7, 11) is 0. The lowest BCUT2D eigenvalue weighted by atomic mass is 9.84. The first-order chi connectivity index (χ1) is 11.0. The number of amides is 1. The first kappa shape index (κ1) is 17.2. The molecular formula is C19H33NO3. The van der Waals surface area contributed by atoms with E-state index in [-0.39, 0.29) is 30.1 Å². The lowest BCUT2D eigenvalue weighted by Gasteiger charge is -2.31. The van der Waals surface area contributed by atoms with Crippen molar-refractivity contribution in [2.45, 2.75) is 77.5 Å². The number of hydrogen-bond acceptors (Lipinski definition) is 3. The van der Waals surface area contributed by atoms with Gasteiger partial charge in [-0.25, -0.2) is 0 Å². The summed E-state index contributed by atoms with van der Waals surface area (Å²) in [4.78, 5) is 12.7. The van der Waals surface area contributed by atoms with Crippen LogP contribution in [-0.2, 0) is 14.3 Å². The molecule has 132 valence electrons. The van der Waals surface area contributed by atoms with Crippen LogP contribution in [0.5, 0.6) is 0 Å². The molecule has 0 unspecified atom stereocenters. The quantitative estimate of drug-likeness (QED) is 0.783. The molecular weight excluding hydrogens is 290 g/mol. The predicted octanol–water partition coefficient (Wildman–Crippen LogP) is 3.15. The van der Waals surface area contributed by atoms with Crippen LogP contribution < -0.4 is 5.32 Å². The van der Waals surface area contributed by atoms with Crippen molar-refractivity contribution in [2.24, 2.45) is 23.7 Å². The second-order valence-corrected chi connectivity index (χ2v) is 8.27. The van der Waals surface area contributed by atoms with Crippen molar-refractivity contribution in [3.63, 3.8) is 0 Å². The summed E-state index contributed by atoms with van der Waals surface area (Å²) >= 11 is 0. The van der Waals surface area contributed by atoms with Gasteiger partial charge in [0.1, 0.15) is 6.10 Å². The first-order valence-electron chi connectivity index (χ1n) is 9.58. The molecule has 1 saturated heterocycles. The predicted molar refractivity (Wildman–Crippen MR) is 90.1 cm³/mol. The van der Waals surface area contributed by atoms with Crippen LogP contribution >= 0.6 is 0 Å². The molecule has 6 atom stereocenters. The minimum absolute atomic E-state index is 0.0632. The zero-order valence-corrected chi connectivity index (χ0v) is 14.9. The molecule has 4 heteroatoms. The van der Waals surface area contributed by atoms with Crippen LogP contribution in [0.15, 0.2) is 0 Å². The Morgan fingerprint density at radius 3 is 2.61 bits per heavy atom. The van der Waals surface area contributed by atoms with E-state index in [2.05, 4.69) is 26.1 Å². The van der Waals surface area contributed by atoms with E-state index in [9.17, 15) is 4.79 Å². The van der Waals surface area contributed by atoms with Crippen LogP contribution in [0, 0.1) is 23.7 Å². The molecule has 3 aliphatic rings. The van der Waals surface area contributed by atoms with Gasteiger partial charge in [-0.2, -0.15) is 0 Å². The lowest BCUT2D eigenvalue weighted by Crippen LogP contribution is -2.47. The van der Waals surface area contributed by atoms with Crippen LogP contribution in [-0.4, -0.2) is 37.4 Å². The Kier molecular flexibility index (Phi) is 5.63. The van der Waals surface area contributed by atoms with Gasteiger partial charge in [-0.05, 0) is 62.7 Å². The Bertz CT molecular complexity index is 405. The van der Waals surface area contributed by atoms with Crippen LogP contribution in [0.3, 0.4) is 0 Å². The highest BCUT2D eigenvalue weighted by molar-refractivity contribution is 5.81. The number of nitrogens with one attached hydrogen (secondary N) is 1. The highest BCUT2D eigenvalue weighted by Gasteiger charge is 2.42. The van der Waals surface area contributed by atoms with Gasteiger partial charge in [-0.15, -0.1) is 0 Å². The first-order valence-corrected chi connectivity index (χ1v) is 9.58. The van der Waals surface area contributed by atoms with Crippen molar-refractivity contribution in [1.29, 1.82) is 0 Å². The van der Waals surface area contributed by atoms with E-state index >= 15 is 0 Å². The van der Waals surface area contributed by atoms with Crippen LogP contribution in [0.1, 0.15) is 59.3 Å². The highest BCUT2D eigenvalue weighted by atomic mass is 16.5. The second-order valence-electron chi connectivity index (χ2n) is 8.27. The number of carbonyl (C=O) groups excluding carboxylic acids is 1. The molecule has 23 heavy (non-hydrogen) atoms. The van der Waals surface area contributed by atoms with Gasteiger partial charge in [-0.1, -0.05) is 20.3 Å². The Balaban J connectivity index is 1.49. The molecule has 2 aliphatic carbocycles. The maximum absolute atomic E-state index is 12.7. The molecule has 3 fully saturated rings. The highest BCUT2D eigenvalue weighted by Crippen LogP contribution is 2.49. The molecule has 0 spiro atoms. The Hall–Kier alpha value is -0.610. The zero-order chi connectivity index (χ0) is 16.4. The van der Waals surface area contributed by atoms with Gasteiger partial charge in [0.15, 0.2) is 0 Å². The molecule has 2 bridgehead atoms. The van der Waals surface area contributed by atoms with Gasteiger partial charge in [0, 0.05) is 12.6 Å². The van der Waals surface area contributed by atoms with Crippen LogP contribution in [0.2, 0.25) is 0 Å². The van der Waals surface area contributed by atoms with Crippen molar-refractivity contribution in [1.82, 2.24) is 5.32 Å². The number of ether oxygens (including phenoxy) is 2. The average molecular weight is 323 g/mol. The van der Waals surface area contributed by atoms with E-state index in [4.69, 9.17) is 9.47 Å². The van der Waals surface area contributed by atoms with Gasteiger partial charge in [-0.3, -0.25) is 4.79 Å². The zero-order valence-electron chi connectivity index (χ0n) is 14.9. The van der Waals surface area contributed by atoms with Gasteiger partial charge in [0.25, 0.3) is 0 Å². The summed E-state index contributed by atoms with van der Waals surface area (Å²) < 4.78 is 11.5. The summed E-state index contributed by atoms with van der Waals surface area (Å²) in [6.45, 7) is 7.66. The Morgan fingerprint density at radius 1 is 1.22 bits per heavy atom. The van der Waals surface area contributed by atoms with E-state index in [1.54, 1.807) is 0 Å². The molecule has 0 aromatic heterocycles. The van der Waals surface area contributed by atoms with Gasteiger partial charge < -0.3 is 14.8 Å². The minimum atomic E-state index is -0.361. The van der Waals surface area contributed by atoms with Crippen molar-refractivity contribution < 1.29 is 14.3 Å². The number of hydrogen-bond donors (Lipinski definition) is 1. The molecule has 0 aromatic rings. The molecule has 0 radical (unpaired) electrons. The summed E-state index contributed by atoms with van der Waals surface area (Å²) in [5.41, 5.74) is 0. The largest absolute Gasteiger partial charge is 0.376 e. The topological polar surface area (TPSA) is 47.6 Å². The Labute approximate surface area is 140 Å². The van der Waals surface area contributed by atoms with Gasteiger partial charge in [0.05, 0.1) is 12.7 Å². The van der Waals surface area contributed by atoms with E-state index < -0.39 is 0 Å². The molecule has 3 rings (SSSR count). The fourth-order valence-corrected chi connectivity index (χ4v) is 4.88. The molecule has 0 aromatic carbocycles. The van der Waals surface area contributed by atoms with Crippen molar-refractivity contribution in [2.75, 3.05) is 13.2 Å². The Morgan fingerprint density at radius 2 is 2.04 bits per heavy atom. The van der Waals surface area contributed by atoms with Crippen molar-refractivity contribution in [3.05, 3.63) is 0 Å². The summed E-state index contributed by atoms with van der Waals surface area (Å²) in [6.07, 6.45) is 7.41. The van der Waals surface area contributed by atoms with Gasteiger partial charge >= 0.3 is 0 Å². The maximum atomic E-state index is 12.7. The normalized spacial score (nSPS) is 35.7. The molecule has 1 N–H and O–H groups in total. The number of carbonyl (C=O) groups is 1. The summed E-state index contributed by atoms with van der Waals surface area (Å²) in [5.74, 6) is 2.67. The van der Waals surface area contributed by atoms with E-state index in [0.717, 1.165) is 31.3 Å². The number of fused-ring (bicyclic) bond motifs is 2. The van der Waals surface area contributed by atoms with Gasteiger partial charge in [0.2, 0.25) is 5.91 Å². The average Bonchev–Trinajstić information content (AvgIpc) is 3.24. The van der Waals surface area contributed by atoms with E-state index in [0.29, 0.717) is 12.5 Å². The third-order valence-corrected chi connectivity index (χ3v) is 6.15. The standard InChI is InChI=1S/C19H33NO3/c1-12(2)18(23-11-16-5-4-8-22-16)19(21)20-13(3)17-10-14-6-7-15(17)9-14/h12-18H,4-11H2,1-3H3,(H,20,21)/t13-,14+,15+,16+,17+,18+/m1/s1. The molecule has 1 aliphatic heterocycles. The molecule has 2 saturated carbocycles. The van der Waals surface area contributed by atoms with Crippen LogP contribution in [0.4, 0.5) is 0 Å². The molecule has 4 nitrogen and oxygen atoms in total.